The van der Waals surface area contributed by atoms with E-state index in [1.807, 2.05) is 11.8 Å². The molecule has 0 amide bonds. The molecule has 0 spiro atoms. The smallest absolute Gasteiger partial charge is 0.172 e. The highest BCUT2D eigenvalue weighted by Gasteiger charge is 2.44. The van der Waals surface area contributed by atoms with Crippen molar-refractivity contribution in [2.75, 3.05) is 18.1 Å². The first kappa shape index (κ1) is 48.5. The molecule has 0 fully saturated rings. The molecule has 0 radical (unpaired) electrons. The van der Waals surface area contributed by atoms with Crippen molar-refractivity contribution in [2.45, 2.75) is 216 Å². The fraction of sp³-hybridized carbons (Fsp3) is 0.870. The number of hydrogen-bond donors (Lipinski definition) is 0. The van der Waals surface area contributed by atoms with E-state index in [2.05, 4.69) is 166 Å². The van der Waals surface area contributed by atoms with Gasteiger partial charge in [-0.05, 0) is 99.0 Å². The third-order valence-electron chi connectivity index (χ3n) is 11.3. The molecule has 1 aromatic heterocycles. The minimum Gasteiger partial charge on any atom is -0.377 e. The lowest BCUT2D eigenvalue weighted by molar-refractivity contribution is -0.710. The van der Waals surface area contributed by atoms with Crippen LogP contribution in [-0.2, 0) is 26.9 Å². The number of ketones is 1. The van der Waals surface area contributed by atoms with Crippen molar-refractivity contribution in [3.63, 3.8) is 0 Å². The van der Waals surface area contributed by atoms with E-state index in [1.165, 1.54) is 42.6 Å². The summed E-state index contributed by atoms with van der Waals surface area (Å²) in [6, 6.07) is 2.52. The summed E-state index contributed by atoms with van der Waals surface area (Å²) in [5.41, 5.74) is 3.68. The summed E-state index contributed by atoms with van der Waals surface area (Å²) in [4.78, 5) is 11.4. The first-order valence-electron chi connectivity index (χ1n) is 20.2. The maximum absolute atomic E-state index is 11.4. The second-order valence-corrected chi connectivity index (χ2v) is 25.6. The summed E-state index contributed by atoms with van der Waals surface area (Å²) >= 11 is 4.19. The second-order valence-electron chi connectivity index (χ2n) is 22.1. The first-order chi connectivity index (χ1) is 22.7. The molecule has 51 heavy (non-hydrogen) atoms. The number of ether oxygens (including phenoxy) is 1. The van der Waals surface area contributed by atoms with Gasteiger partial charge in [-0.15, -0.1) is 0 Å². The monoisotopic (exact) mass is 749 g/mol. The van der Waals surface area contributed by atoms with E-state index in [1.54, 1.807) is 6.92 Å². The third-order valence-corrected chi connectivity index (χ3v) is 14.5. The zero-order valence-electron chi connectivity index (χ0n) is 37.7. The molecule has 1 heterocycles. The Morgan fingerprint density at radius 1 is 0.745 bits per heavy atom. The van der Waals surface area contributed by atoms with E-state index in [-0.39, 0.29) is 49.1 Å². The van der Waals surface area contributed by atoms with Gasteiger partial charge in [-0.3, -0.25) is 0 Å². The fourth-order valence-corrected chi connectivity index (χ4v) is 10.4. The molecule has 0 aliphatic heterocycles. The van der Waals surface area contributed by atoms with Crippen molar-refractivity contribution < 1.29 is 14.1 Å². The minimum absolute atomic E-state index is 0.000736. The lowest BCUT2D eigenvalue weighted by Gasteiger charge is -2.46. The highest BCUT2D eigenvalue weighted by molar-refractivity contribution is 8.00. The van der Waals surface area contributed by atoms with Crippen molar-refractivity contribution in [3.05, 3.63) is 29.6 Å². The topological polar surface area (TPSA) is 30.2 Å². The highest BCUT2D eigenvalue weighted by atomic mass is 32.2. The van der Waals surface area contributed by atoms with E-state index in [9.17, 15) is 4.79 Å². The summed E-state index contributed by atoms with van der Waals surface area (Å²) in [5.74, 6) is 2.55. The third kappa shape index (κ3) is 17.7. The van der Waals surface area contributed by atoms with Gasteiger partial charge in [0.1, 0.15) is 5.78 Å². The van der Waals surface area contributed by atoms with Gasteiger partial charge in [-0.1, -0.05) is 117 Å². The van der Waals surface area contributed by atoms with Crippen LogP contribution in [0.5, 0.6) is 0 Å². The number of aromatic nitrogens is 1. The molecule has 0 saturated carbocycles. The van der Waals surface area contributed by atoms with Crippen LogP contribution in [0.15, 0.2) is 18.5 Å². The molecule has 298 valence electrons. The Bertz CT molecular complexity index is 1230. The second kappa shape index (κ2) is 18.4. The van der Waals surface area contributed by atoms with Gasteiger partial charge in [0.25, 0.3) is 0 Å². The molecule has 0 bridgehead atoms. The van der Waals surface area contributed by atoms with Crippen LogP contribution in [0.4, 0.5) is 0 Å². The molecular formula is C46H86NO2S2+. The van der Waals surface area contributed by atoms with Gasteiger partial charge in [-0.25, -0.2) is 4.57 Å². The van der Waals surface area contributed by atoms with Gasteiger partial charge >= 0.3 is 0 Å². The van der Waals surface area contributed by atoms with E-state index in [0.29, 0.717) is 17.8 Å². The molecule has 5 heteroatoms. The summed E-state index contributed by atoms with van der Waals surface area (Å²) in [6.07, 6.45) is 12.5. The molecule has 0 aliphatic carbocycles. The van der Waals surface area contributed by atoms with Crippen LogP contribution in [0.2, 0.25) is 0 Å². The summed E-state index contributed by atoms with van der Waals surface area (Å²) in [7, 11) is 0. The zero-order valence-corrected chi connectivity index (χ0v) is 39.3. The van der Waals surface area contributed by atoms with Crippen LogP contribution in [0.1, 0.15) is 195 Å². The standard InChI is InChI=1S/C46H86NO2S2/c1-21-24-44(15,16)51-34-42(11,12)31-43(13,14)46(19,20)38-27-37(39(4,5)6)28-47(29-38)32-41(9,10)30-40(7,8)25-26-50-45(17,18)33-49-36(3)23-22-35(2)48/h27-29,36H,21-26,30-34H2,1-20H3/q+1. The van der Waals surface area contributed by atoms with Gasteiger partial charge in [0.2, 0.25) is 0 Å². The number of pyridine rings is 1. The number of Topliss-reactive ketones (excluding diaryl/α,β-unsaturated/α-hetero) is 1. The van der Waals surface area contributed by atoms with Crippen molar-refractivity contribution in [1.29, 1.82) is 0 Å². The molecule has 1 aromatic rings. The van der Waals surface area contributed by atoms with E-state index < -0.39 is 0 Å². The number of thioether (sulfide) groups is 2. The van der Waals surface area contributed by atoms with Gasteiger partial charge in [0, 0.05) is 37.9 Å². The lowest BCUT2D eigenvalue weighted by Crippen LogP contribution is -2.47. The molecular weight excluding hydrogens is 663 g/mol. The normalized spacial score (nSPS) is 15.0. The Labute approximate surface area is 327 Å². The van der Waals surface area contributed by atoms with Gasteiger partial charge in [0.15, 0.2) is 18.9 Å². The molecule has 1 unspecified atom stereocenters. The number of rotatable bonds is 23. The number of carbonyl (C=O) groups is 1. The molecule has 0 saturated heterocycles. The van der Waals surface area contributed by atoms with Crippen molar-refractivity contribution in [2.24, 2.45) is 21.7 Å². The maximum Gasteiger partial charge on any atom is 0.172 e. The zero-order chi connectivity index (χ0) is 39.9. The quantitative estimate of drug-likeness (QED) is 0.104. The van der Waals surface area contributed by atoms with E-state index in [4.69, 9.17) is 4.74 Å². The molecule has 3 nitrogen and oxygen atoms in total. The van der Waals surface area contributed by atoms with Crippen LogP contribution >= 0.6 is 23.5 Å². The fourth-order valence-electron chi connectivity index (χ4n) is 7.82. The van der Waals surface area contributed by atoms with E-state index >= 15 is 0 Å². The van der Waals surface area contributed by atoms with Crippen molar-refractivity contribution in [3.8, 4) is 0 Å². The van der Waals surface area contributed by atoms with Crippen LogP contribution in [0.25, 0.3) is 0 Å². The summed E-state index contributed by atoms with van der Waals surface area (Å²) in [6.45, 7) is 49.1. The minimum atomic E-state index is -0.000736. The van der Waals surface area contributed by atoms with Crippen LogP contribution in [0, 0.1) is 21.7 Å². The number of nitrogens with zero attached hydrogens (tertiary/aromatic N) is 1. The first-order valence-corrected chi connectivity index (χ1v) is 22.2. The molecule has 0 aromatic carbocycles. The number of carbonyl (C=O) groups excluding carboxylic acids is 1. The Morgan fingerprint density at radius 2 is 1.31 bits per heavy atom. The molecule has 0 N–H and O–H groups in total. The Kier molecular flexibility index (Phi) is 17.5. The van der Waals surface area contributed by atoms with Gasteiger partial charge in [0.05, 0.1) is 12.7 Å². The maximum atomic E-state index is 11.4. The van der Waals surface area contributed by atoms with E-state index in [0.717, 1.165) is 25.1 Å². The van der Waals surface area contributed by atoms with Crippen LogP contribution in [-0.4, -0.2) is 39.5 Å². The van der Waals surface area contributed by atoms with Crippen LogP contribution < -0.4 is 4.57 Å². The molecule has 1 atom stereocenters. The van der Waals surface area contributed by atoms with Crippen molar-refractivity contribution in [1.82, 2.24) is 0 Å². The Morgan fingerprint density at radius 3 is 1.84 bits per heavy atom. The molecule has 1 rings (SSSR count). The average molecular weight is 749 g/mol. The van der Waals surface area contributed by atoms with Crippen molar-refractivity contribution >= 4 is 29.3 Å². The number of hydrogen-bond acceptors (Lipinski definition) is 4. The predicted octanol–water partition coefficient (Wildman–Crippen LogP) is 13.4. The average Bonchev–Trinajstić information content (AvgIpc) is 2.91. The summed E-state index contributed by atoms with van der Waals surface area (Å²) in [5, 5.41) is 0. The lowest BCUT2D eigenvalue weighted by atomic mass is 9.59. The Balaban J connectivity index is 3.14. The Hall–Kier alpha value is -0.520. The molecule has 0 aliphatic rings. The van der Waals surface area contributed by atoms with Crippen LogP contribution in [0.3, 0.4) is 0 Å². The summed E-state index contributed by atoms with van der Waals surface area (Å²) < 4.78 is 9.08. The van der Waals surface area contributed by atoms with Gasteiger partial charge < -0.3 is 9.53 Å². The largest absolute Gasteiger partial charge is 0.377 e. The predicted molar refractivity (Wildman–Crippen MR) is 231 cm³/mol. The highest BCUT2D eigenvalue weighted by Crippen LogP contribution is 2.50. The SMILES string of the molecule is CCCC(C)(C)SCC(C)(C)CC(C)(C)C(C)(C)c1cc(C(C)(C)C)c[n+](CC(C)(C)CC(C)(C)CCSC(C)(C)COC(C)CCC(C)=O)c1. The van der Waals surface area contributed by atoms with Gasteiger partial charge in [-0.2, -0.15) is 23.5 Å².